The van der Waals surface area contributed by atoms with E-state index in [0.29, 0.717) is 52.1 Å². The summed E-state index contributed by atoms with van der Waals surface area (Å²) in [6, 6.07) is 7.47. The summed E-state index contributed by atoms with van der Waals surface area (Å²) in [5.74, 6) is 0.714. The molecule has 2 aromatic carbocycles. The number of amides is 1. The van der Waals surface area contributed by atoms with Crippen LogP contribution in [0.3, 0.4) is 0 Å². The molecule has 0 heterocycles. The lowest BCUT2D eigenvalue weighted by molar-refractivity contribution is -0.117. The van der Waals surface area contributed by atoms with Crippen LogP contribution in [0.1, 0.15) is 31.4 Å². The molecule has 7 heteroatoms. The maximum atomic E-state index is 12.7. The van der Waals surface area contributed by atoms with E-state index in [1.54, 1.807) is 6.92 Å². The van der Waals surface area contributed by atoms with Crippen LogP contribution in [0.25, 0.3) is 13.2 Å². The Morgan fingerprint density at radius 2 is 1.58 bits per heavy atom. The molecule has 0 unspecified atom stereocenters. The number of alkyl halides is 2. The largest absolute Gasteiger partial charge is 0.507 e. The van der Waals surface area contributed by atoms with Crippen molar-refractivity contribution >= 4 is 53.6 Å². The van der Waals surface area contributed by atoms with Gasteiger partial charge in [-0.3, -0.25) is 4.79 Å². The predicted octanol–water partition coefficient (Wildman–Crippen LogP) is 3.82. The van der Waals surface area contributed by atoms with Gasteiger partial charge in [0.1, 0.15) is 11.5 Å². The second-order valence-corrected chi connectivity index (χ2v) is 8.93. The summed E-state index contributed by atoms with van der Waals surface area (Å²) >= 11 is 11.7. The first-order chi connectivity index (χ1) is 14.5. The Bertz CT molecular complexity index is 1030. The summed E-state index contributed by atoms with van der Waals surface area (Å²) in [5.41, 5.74) is 1.75. The molecule has 0 saturated carbocycles. The maximum Gasteiger partial charge on any atom is 0.225 e. The van der Waals surface area contributed by atoms with E-state index >= 15 is 0 Å². The summed E-state index contributed by atoms with van der Waals surface area (Å²) in [7, 11) is 0. The molecule has 0 fully saturated rings. The van der Waals surface area contributed by atoms with E-state index in [9.17, 15) is 15.0 Å². The number of aromatic hydroxyl groups is 2. The van der Waals surface area contributed by atoms with E-state index in [4.69, 9.17) is 23.2 Å². The second kappa shape index (κ2) is 10.3. The Morgan fingerprint density at radius 1 is 1.03 bits per heavy atom. The van der Waals surface area contributed by atoms with E-state index < -0.39 is 5.41 Å². The lowest BCUT2D eigenvalue weighted by atomic mass is 9.78. The number of halogens is 2. The summed E-state index contributed by atoms with van der Waals surface area (Å²) in [6.45, 7) is 14.4. The molecule has 0 aliphatic heterocycles. The van der Waals surface area contributed by atoms with E-state index in [-0.39, 0.29) is 23.8 Å². The van der Waals surface area contributed by atoms with Gasteiger partial charge in [0, 0.05) is 69.6 Å². The number of hydrogen-bond donors (Lipinski definition) is 3. The standard InChI is InChI=1S/C24H30Cl2N2O3/c1-15-16(2)23(31)21(17(3)22(15)30)24(4,5)14-20(29)27-18-6-8-19(9-7-18)28(12-10-25)13-11-26/h6-9,30-31H,2-3,10-14H2,1,4-5H3,(H,27,29). The molecule has 168 valence electrons. The SMILES string of the molecule is C=c1c(C)c(O)c(=C)c(C(C)(C)CC(=O)Nc2ccc(N(CCCl)CCCl)cc2)c1O. The first kappa shape index (κ1) is 24.9. The Balaban J connectivity index is 2.19. The average molecular weight is 465 g/mol. The van der Waals surface area contributed by atoms with Crippen LogP contribution >= 0.6 is 23.2 Å². The fraction of sp³-hybridized carbons (Fsp3) is 0.375. The molecular formula is C24H30Cl2N2O3. The topological polar surface area (TPSA) is 72.8 Å². The van der Waals surface area contributed by atoms with Crippen LogP contribution in [0.4, 0.5) is 11.4 Å². The quantitative estimate of drug-likeness (QED) is 0.389. The average Bonchev–Trinajstić information content (AvgIpc) is 2.70. The molecule has 1 amide bonds. The van der Waals surface area contributed by atoms with Gasteiger partial charge < -0.3 is 20.4 Å². The Kier molecular flexibility index (Phi) is 8.27. The zero-order valence-electron chi connectivity index (χ0n) is 18.3. The van der Waals surface area contributed by atoms with Gasteiger partial charge >= 0.3 is 0 Å². The van der Waals surface area contributed by atoms with Crippen molar-refractivity contribution in [2.24, 2.45) is 0 Å². The highest BCUT2D eigenvalue weighted by Gasteiger charge is 2.30. The van der Waals surface area contributed by atoms with Crippen LogP contribution < -0.4 is 20.7 Å². The minimum Gasteiger partial charge on any atom is -0.507 e. The number of phenolic OH excluding ortho intramolecular Hbond substituents is 2. The highest BCUT2D eigenvalue weighted by molar-refractivity contribution is 6.18. The molecule has 31 heavy (non-hydrogen) atoms. The molecule has 0 aliphatic rings. The number of carbonyl (C=O) groups excluding carboxylic acids is 1. The predicted molar refractivity (Wildman–Crippen MR) is 131 cm³/mol. The first-order valence-electron chi connectivity index (χ1n) is 10.0. The lowest BCUT2D eigenvalue weighted by Gasteiger charge is -2.27. The Hall–Kier alpha value is -2.37. The molecule has 0 radical (unpaired) electrons. The van der Waals surface area contributed by atoms with Gasteiger partial charge in [0.25, 0.3) is 0 Å². The molecule has 0 spiro atoms. The van der Waals surface area contributed by atoms with Crippen molar-refractivity contribution in [3.63, 3.8) is 0 Å². The molecule has 2 aromatic rings. The van der Waals surface area contributed by atoms with Crippen molar-refractivity contribution < 1.29 is 15.0 Å². The van der Waals surface area contributed by atoms with Gasteiger partial charge in [0.2, 0.25) is 5.91 Å². The molecule has 0 saturated heterocycles. The smallest absolute Gasteiger partial charge is 0.225 e. The van der Waals surface area contributed by atoms with E-state index in [2.05, 4.69) is 23.4 Å². The number of rotatable bonds is 9. The molecule has 0 aliphatic carbocycles. The Labute approximate surface area is 193 Å². The van der Waals surface area contributed by atoms with Gasteiger partial charge in [-0.2, -0.15) is 0 Å². The molecule has 5 nitrogen and oxygen atoms in total. The fourth-order valence-electron chi connectivity index (χ4n) is 3.71. The molecule has 0 bridgehead atoms. The third-order valence-corrected chi connectivity index (χ3v) is 5.76. The van der Waals surface area contributed by atoms with Crippen LogP contribution in [-0.2, 0) is 10.2 Å². The van der Waals surface area contributed by atoms with Crippen molar-refractivity contribution in [1.82, 2.24) is 0 Å². The normalized spacial score (nSPS) is 11.4. The first-order valence-corrected chi connectivity index (χ1v) is 11.1. The van der Waals surface area contributed by atoms with Gasteiger partial charge in [0.15, 0.2) is 0 Å². The van der Waals surface area contributed by atoms with Crippen LogP contribution in [0.15, 0.2) is 24.3 Å². The molecule has 0 aromatic heterocycles. The second-order valence-electron chi connectivity index (χ2n) is 8.18. The molecule has 3 N–H and O–H groups in total. The summed E-state index contributed by atoms with van der Waals surface area (Å²) in [5, 5.41) is 24.5. The molecule has 0 atom stereocenters. The van der Waals surface area contributed by atoms with Gasteiger partial charge in [-0.1, -0.05) is 27.0 Å². The van der Waals surface area contributed by atoms with E-state index in [0.717, 1.165) is 5.69 Å². The lowest BCUT2D eigenvalue weighted by Crippen LogP contribution is -2.33. The van der Waals surface area contributed by atoms with Crippen molar-refractivity contribution in [1.29, 1.82) is 0 Å². The fourth-order valence-corrected chi connectivity index (χ4v) is 4.12. The third-order valence-electron chi connectivity index (χ3n) is 5.42. The van der Waals surface area contributed by atoms with E-state index in [1.165, 1.54) is 0 Å². The monoisotopic (exact) mass is 464 g/mol. The number of anilines is 2. The number of benzene rings is 2. The summed E-state index contributed by atoms with van der Waals surface area (Å²) < 4.78 is 0. The van der Waals surface area contributed by atoms with Gasteiger partial charge in [-0.05, 0) is 31.2 Å². The van der Waals surface area contributed by atoms with Crippen LogP contribution in [-0.4, -0.2) is 41.0 Å². The van der Waals surface area contributed by atoms with Gasteiger partial charge in [-0.15, -0.1) is 23.2 Å². The highest BCUT2D eigenvalue weighted by atomic mass is 35.5. The van der Waals surface area contributed by atoms with Crippen molar-refractivity contribution in [2.75, 3.05) is 35.1 Å². The number of carbonyl (C=O) groups is 1. The van der Waals surface area contributed by atoms with Gasteiger partial charge in [0.05, 0.1) is 0 Å². The van der Waals surface area contributed by atoms with Crippen molar-refractivity contribution in [2.45, 2.75) is 32.6 Å². The van der Waals surface area contributed by atoms with Crippen LogP contribution in [0.5, 0.6) is 11.5 Å². The Morgan fingerprint density at radius 3 is 2.10 bits per heavy atom. The van der Waals surface area contributed by atoms with Crippen molar-refractivity contribution in [3.8, 4) is 11.5 Å². The number of nitrogens with zero attached hydrogens (tertiary/aromatic N) is 1. The van der Waals surface area contributed by atoms with Crippen molar-refractivity contribution in [3.05, 3.63) is 45.8 Å². The summed E-state index contributed by atoms with van der Waals surface area (Å²) in [4.78, 5) is 14.8. The zero-order valence-corrected chi connectivity index (χ0v) is 19.8. The molecule has 2 rings (SSSR count). The minimum absolute atomic E-state index is 0.0136. The maximum absolute atomic E-state index is 12.7. The third kappa shape index (κ3) is 5.66. The van der Waals surface area contributed by atoms with E-state index in [1.807, 2.05) is 38.1 Å². The minimum atomic E-state index is -0.777. The number of phenols is 2. The number of hydrogen-bond acceptors (Lipinski definition) is 4. The number of nitrogens with one attached hydrogen (secondary N) is 1. The van der Waals surface area contributed by atoms with Crippen LogP contribution in [0, 0.1) is 6.92 Å². The molecular weight excluding hydrogens is 435 g/mol. The summed E-state index contributed by atoms with van der Waals surface area (Å²) in [6.07, 6.45) is 0.0807. The van der Waals surface area contributed by atoms with Crippen LogP contribution in [0.2, 0.25) is 0 Å². The highest BCUT2D eigenvalue weighted by Crippen LogP contribution is 2.32. The van der Waals surface area contributed by atoms with Gasteiger partial charge in [-0.25, -0.2) is 0 Å². The zero-order chi connectivity index (χ0) is 23.3.